The monoisotopic (exact) mass is 356 g/mol. The van der Waals surface area contributed by atoms with Gasteiger partial charge >= 0.3 is 12.4 Å². The van der Waals surface area contributed by atoms with Gasteiger partial charge in [0.15, 0.2) is 5.17 Å². The summed E-state index contributed by atoms with van der Waals surface area (Å²) in [5.74, 6) is -0.938. The Labute approximate surface area is 131 Å². The molecule has 0 unspecified atom stereocenters. The fraction of sp³-hybridized carbons (Fsp3) is 0.385. The van der Waals surface area contributed by atoms with Crippen molar-refractivity contribution in [3.63, 3.8) is 0 Å². The molecule has 2 rings (SSSR count). The second kappa shape index (κ2) is 6.06. The maximum atomic E-state index is 12.8. The number of carbonyl (C=O) groups excluding carboxylic acids is 1. The number of aliphatic imine (C=N–C) groups is 1. The first-order valence-corrected chi connectivity index (χ1v) is 7.46. The van der Waals surface area contributed by atoms with E-state index in [1.807, 2.05) is 0 Å². The molecule has 0 saturated heterocycles. The van der Waals surface area contributed by atoms with Gasteiger partial charge in [0.05, 0.1) is 17.7 Å². The minimum absolute atomic E-state index is 0.00959. The number of hydrogen-bond acceptors (Lipinski definition) is 3. The van der Waals surface area contributed by atoms with Crippen LogP contribution in [0.1, 0.15) is 21.5 Å². The Balaban J connectivity index is 2.49. The van der Waals surface area contributed by atoms with Crippen molar-refractivity contribution in [1.82, 2.24) is 4.90 Å². The Kier molecular flexibility index (Phi) is 4.65. The van der Waals surface area contributed by atoms with Gasteiger partial charge in [-0.15, -0.1) is 0 Å². The standard InChI is InChI=1S/C13H10F6N2OS/c1-23-11-20-2-3-21(11)10(22)7-4-8(12(14,15)16)6-9(5-7)13(17,18)19/h4-6H,2-3H2,1H3. The molecule has 1 aliphatic rings. The molecule has 1 aromatic carbocycles. The summed E-state index contributed by atoms with van der Waals surface area (Å²) in [6.07, 6.45) is -8.37. The quantitative estimate of drug-likeness (QED) is 0.715. The Bertz CT molecular complexity index is 621. The van der Waals surface area contributed by atoms with Gasteiger partial charge in [0.25, 0.3) is 5.91 Å². The summed E-state index contributed by atoms with van der Waals surface area (Å²) in [5.41, 5.74) is -3.70. The summed E-state index contributed by atoms with van der Waals surface area (Å²) in [6, 6.07) is 0.839. The van der Waals surface area contributed by atoms with Gasteiger partial charge in [-0.1, -0.05) is 11.8 Å². The predicted octanol–water partition coefficient (Wildman–Crippen LogP) is 3.90. The zero-order chi connectivity index (χ0) is 17.4. The molecule has 3 nitrogen and oxygen atoms in total. The van der Waals surface area contributed by atoms with Crippen LogP contribution in [0, 0.1) is 0 Å². The molecule has 0 radical (unpaired) electrons. The first-order chi connectivity index (χ1) is 10.5. The van der Waals surface area contributed by atoms with E-state index in [1.54, 1.807) is 6.26 Å². The van der Waals surface area contributed by atoms with E-state index < -0.39 is 35.0 Å². The van der Waals surface area contributed by atoms with Crippen molar-refractivity contribution in [2.75, 3.05) is 19.3 Å². The number of alkyl halides is 6. The Hall–Kier alpha value is -1.71. The molecule has 0 N–H and O–H groups in total. The summed E-state index contributed by atoms with van der Waals surface area (Å²) >= 11 is 1.09. The zero-order valence-corrected chi connectivity index (χ0v) is 12.4. The van der Waals surface area contributed by atoms with Gasteiger partial charge in [0.2, 0.25) is 0 Å². The van der Waals surface area contributed by atoms with Gasteiger partial charge in [0, 0.05) is 12.1 Å². The van der Waals surface area contributed by atoms with Crippen LogP contribution in [-0.2, 0) is 12.4 Å². The second-order valence-corrected chi connectivity index (χ2v) is 5.39. The van der Waals surface area contributed by atoms with E-state index in [2.05, 4.69) is 4.99 Å². The lowest BCUT2D eigenvalue weighted by molar-refractivity contribution is -0.143. The lowest BCUT2D eigenvalue weighted by Crippen LogP contribution is -2.33. The molecule has 0 aliphatic carbocycles. The highest BCUT2D eigenvalue weighted by molar-refractivity contribution is 8.13. The third-order valence-electron chi connectivity index (χ3n) is 3.06. The van der Waals surface area contributed by atoms with Crippen molar-refractivity contribution in [3.8, 4) is 0 Å². The van der Waals surface area contributed by atoms with E-state index in [1.165, 1.54) is 0 Å². The van der Waals surface area contributed by atoms with Gasteiger partial charge in [-0.25, -0.2) is 0 Å². The van der Waals surface area contributed by atoms with Crippen LogP contribution in [0.15, 0.2) is 23.2 Å². The molecule has 0 bridgehead atoms. The molecule has 0 atom stereocenters. The highest BCUT2D eigenvalue weighted by Gasteiger charge is 2.38. The minimum Gasteiger partial charge on any atom is -0.286 e. The van der Waals surface area contributed by atoms with Gasteiger partial charge in [-0.3, -0.25) is 14.7 Å². The number of halogens is 6. The first-order valence-electron chi connectivity index (χ1n) is 6.24. The van der Waals surface area contributed by atoms with Gasteiger partial charge < -0.3 is 0 Å². The number of amides is 1. The van der Waals surface area contributed by atoms with E-state index >= 15 is 0 Å². The van der Waals surface area contributed by atoms with E-state index in [0.717, 1.165) is 16.7 Å². The van der Waals surface area contributed by atoms with Crippen molar-refractivity contribution in [3.05, 3.63) is 34.9 Å². The van der Waals surface area contributed by atoms with E-state index in [0.29, 0.717) is 12.1 Å². The average Bonchev–Trinajstić information content (AvgIpc) is 2.92. The lowest BCUT2D eigenvalue weighted by Gasteiger charge is -2.19. The third kappa shape index (κ3) is 3.80. The summed E-state index contributed by atoms with van der Waals surface area (Å²) in [5, 5.41) is 0.265. The molecule has 1 aromatic rings. The number of hydrogen-bond donors (Lipinski definition) is 0. The fourth-order valence-corrected chi connectivity index (χ4v) is 2.64. The van der Waals surface area contributed by atoms with Crippen LogP contribution in [0.25, 0.3) is 0 Å². The molecule has 1 aliphatic heterocycles. The Morgan fingerprint density at radius 1 is 1.09 bits per heavy atom. The number of rotatable bonds is 1. The second-order valence-electron chi connectivity index (χ2n) is 4.62. The highest BCUT2D eigenvalue weighted by Crippen LogP contribution is 2.36. The number of benzene rings is 1. The van der Waals surface area contributed by atoms with Gasteiger partial charge in [0.1, 0.15) is 0 Å². The number of thioether (sulfide) groups is 1. The van der Waals surface area contributed by atoms with Crippen molar-refractivity contribution in [1.29, 1.82) is 0 Å². The highest BCUT2D eigenvalue weighted by atomic mass is 32.2. The van der Waals surface area contributed by atoms with E-state index in [-0.39, 0.29) is 24.3 Å². The maximum absolute atomic E-state index is 12.8. The van der Waals surface area contributed by atoms with Crippen LogP contribution in [-0.4, -0.2) is 35.3 Å². The van der Waals surface area contributed by atoms with Crippen molar-refractivity contribution < 1.29 is 31.1 Å². The van der Waals surface area contributed by atoms with Crippen LogP contribution in [0.2, 0.25) is 0 Å². The number of nitrogens with zero attached hydrogens (tertiary/aromatic N) is 2. The molecular weight excluding hydrogens is 346 g/mol. The maximum Gasteiger partial charge on any atom is 0.416 e. The fourth-order valence-electron chi connectivity index (χ4n) is 2.02. The molecule has 23 heavy (non-hydrogen) atoms. The lowest BCUT2D eigenvalue weighted by atomic mass is 10.0. The smallest absolute Gasteiger partial charge is 0.286 e. The molecule has 126 valence electrons. The number of amidine groups is 1. The van der Waals surface area contributed by atoms with E-state index in [9.17, 15) is 31.1 Å². The Morgan fingerprint density at radius 2 is 1.61 bits per heavy atom. The first kappa shape index (κ1) is 17.6. The normalized spacial score (nSPS) is 15.8. The number of carbonyl (C=O) groups is 1. The summed E-state index contributed by atoms with van der Waals surface area (Å²) in [6.45, 7) is 0.375. The summed E-state index contributed by atoms with van der Waals surface area (Å²) < 4.78 is 76.8. The minimum atomic E-state index is -4.99. The van der Waals surface area contributed by atoms with Crippen molar-refractivity contribution in [2.24, 2.45) is 4.99 Å². The molecule has 10 heteroatoms. The van der Waals surface area contributed by atoms with Crippen LogP contribution >= 0.6 is 11.8 Å². The third-order valence-corrected chi connectivity index (χ3v) is 3.78. The topological polar surface area (TPSA) is 32.7 Å². The molecular formula is C13H10F6N2OS. The van der Waals surface area contributed by atoms with Crippen molar-refractivity contribution >= 4 is 22.8 Å². The van der Waals surface area contributed by atoms with Gasteiger partial charge in [-0.2, -0.15) is 26.3 Å². The van der Waals surface area contributed by atoms with Gasteiger partial charge in [-0.05, 0) is 24.5 Å². The molecule has 1 amide bonds. The van der Waals surface area contributed by atoms with Crippen LogP contribution in [0.3, 0.4) is 0 Å². The van der Waals surface area contributed by atoms with Crippen LogP contribution < -0.4 is 0 Å². The van der Waals surface area contributed by atoms with Crippen molar-refractivity contribution in [2.45, 2.75) is 12.4 Å². The molecule has 0 saturated carbocycles. The summed E-state index contributed by atoms with van der Waals surface area (Å²) in [4.78, 5) is 17.3. The van der Waals surface area contributed by atoms with Crippen LogP contribution in [0.4, 0.5) is 26.3 Å². The molecule has 0 fully saturated rings. The molecule has 0 spiro atoms. The molecule has 0 aromatic heterocycles. The zero-order valence-electron chi connectivity index (χ0n) is 11.6. The van der Waals surface area contributed by atoms with Crippen LogP contribution in [0.5, 0.6) is 0 Å². The Morgan fingerprint density at radius 3 is 2.04 bits per heavy atom. The SMILES string of the molecule is CSC1=NCCN1C(=O)c1cc(C(F)(F)F)cc(C(F)(F)F)c1. The van der Waals surface area contributed by atoms with E-state index in [4.69, 9.17) is 0 Å². The largest absolute Gasteiger partial charge is 0.416 e. The average molecular weight is 356 g/mol. The summed E-state index contributed by atoms with van der Waals surface area (Å²) in [7, 11) is 0. The molecule has 1 heterocycles. The predicted molar refractivity (Wildman–Crippen MR) is 73.3 cm³/mol.